The molecule has 0 bridgehead atoms. The van der Waals surface area contributed by atoms with Gasteiger partial charge in [-0.25, -0.2) is 4.98 Å². The van der Waals surface area contributed by atoms with Crippen LogP contribution in [-0.2, 0) is 12.8 Å². The molecule has 0 amide bonds. The molecule has 0 saturated carbocycles. The van der Waals surface area contributed by atoms with Gasteiger partial charge in [0.25, 0.3) is 5.56 Å². The van der Waals surface area contributed by atoms with Crippen molar-refractivity contribution in [2.45, 2.75) is 24.9 Å². The minimum Gasteiger partial charge on any atom is -0.508 e. The van der Waals surface area contributed by atoms with Crippen LogP contribution in [0.2, 0.25) is 0 Å². The molecular weight excluding hydrogens is 276 g/mol. The average Bonchev–Trinajstić information content (AvgIpc) is 2.43. The van der Waals surface area contributed by atoms with Gasteiger partial charge in [0.1, 0.15) is 11.5 Å². The molecule has 5 nitrogen and oxygen atoms in total. The van der Waals surface area contributed by atoms with E-state index in [0.717, 1.165) is 5.69 Å². The van der Waals surface area contributed by atoms with E-state index in [1.165, 1.54) is 23.9 Å². The fourth-order valence-corrected chi connectivity index (χ4v) is 2.38. The maximum absolute atomic E-state index is 12.1. The van der Waals surface area contributed by atoms with Gasteiger partial charge >= 0.3 is 0 Å². The monoisotopic (exact) mass is 292 g/mol. The number of aromatic hydroxyl groups is 2. The van der Waals surface area contributed by atoms with Crippen LogP contribution in [0.1, 0.15) is 23.7 Å². The van der Waals surface area contributed by atoms with Crippen LogP contribution < -0.4 is 5.56 Å². The number of hydrogen-bond donors (Lipinski definition) is 3. The Bertz CT molecular complexity index is 683. The van der Waals surface area contributed by atoms with E-state index in [0.29, 0.717) is 22.7 Å². The third-order valence-corrected chi connectivity index (χ3v) is 3.62. The standard InChI is InChI=1S/C14H16N2O3S/c1-3-11-10(13(19)16-14(15-11)20-2)6-8-4-5-9(17)7-12(8)18/h4-5,7,17-18H,3,6H2,1-2H3,(H,15,16,19). The Balaban J connectivity index is 2.45. The molecule has 0 aliphatic carbocycles. The molecule has 2 rings (SSSR count). The SMILES string of the molecule is CCc1nc(SC)[nH]c(=O)c1Cc1ccc(O)cc1O. The predicted molar refractivity (Wildman–Crippen MR) is 78.6 cm³/mol. The highest BCUT2D eigenvalue weighted by Gasteiger charge is 2.13. The summed E-state index contributed by atoms with van der Waals surface area (Å²) in [6, 6.07) is 4.35. The third kappa shape index (κ3) is 2.96. The van der Waals surface area contributed by atoms with Gasteiger partial charge in [0.15, 0.2) is 5.16 Å². The smallest absolute Gasteiger partial charge is 0.255 e. The fourth-order valence-electron chi connectivity index (χ4n) is 1.99. The van der Waals surface area contributed by atoms with Gasteiger partial charge in [0.2, 0.25) is 0 Å². The summed E-state index contributed by atoms with van der Waals surface area (Å²) >= 11 is 1.38. The van der Waals surface area contributed by atoms with Crippen LogP contribution in [0.5, 0.6) is 11.5 Å². The molecule has 2 aromatic rings. The number of phenolic OH excluding ortho intramolecular Hbond substituents is 2. The summed E-state index contributed by atoms with van der Waals surface area (Å²) in [6.45, 7) is 1.94. The van der Waals surface area contributed by atoms with Gasteiger partial charge in [0.05, 0.1) is 5.69 Å². The van der Waals surface area contributed by atoms with Crippen molar-refractivity contribution in [2.75, 3.05) is 6.26 Å². The van der Waals surface area contributed by atoms with Gasteiger partial charge in [0, 0.05) is 18.1 Å². The topological polar surface area (TPSA) is 86.2 Å². The van der Waals surface area contributed by atoms with Crippen molar-refractivity contribution in [3.05, 3.63) is 45.4 Å². The Morgan fingerprint density at radius 1 is 1.35 bits per heavy atom. The maximum atomic E-state index is 12.1. The van der Waals surface area contributed by atoms with Crippen LogP contribution in [-0.4, -0.2) is 26.4 Å². The van der Waals surface area contributed by atoms with Crippen molar-refractivity contribution >= 4 is 11.8 Å². The van der Waals surface area contributed by atoms with Crippen molar-refractivity contribution in [1.29, 1.82) is 0 Å². The number of thioether (sulfide) groups is 1. The van der Waals surface area contributed by atoms with E-state index in [1.807, 2.05) is 13.2 Å². The van der Waals surface area contributed by atoms with E-state index in [4.69, 9.17) is 0 Å². The summed E-state index contributed by atoms with van der Waals surface area (Å²) in [4.78, 5) is 19.2. The first-order chi connectivity index (χ1) is 9.55. The van der Waals surface area contributed by atoms with Crippen molar-refractivity contribution in [3.8, 4) is 11.5 Å². The molecule has 6 heteroatoms. The number of hydrogen-bond acceptors (Lipinski definition) is 5. The summed E-state index contributed by atoms with van der Waals surface area (Å²) in [5.41, 5.74) is 1.67. The van der Waals surface area contributed by atoms with Crippen LogP contribution in [0.4, 0.5) is 0 Å². The molecule has 0 fully saturated rings. The van der Waals surface area contributed by atoms with E-state index in [9.17, 15) is 15.0 Å². The third-order valence-electron chi connectivity index (χ3n) is 3.04. The Kier molecular flexibility index (Phi) is 4.34. The predicted octanol–water partition coefficient (Wildman–Crippen LogP) is 2.06. The number of aryl methyl sites for hydroxylation is 1. The van der Waals surface area contributed by atoms with E-state index < -0.39 is 0 Å². The minimum absolute atomic E-state index is 0.00766. The second-order valence-electron chi connectivity index (χ2n) is 4.34. The summed E-state index contributed by atoms with van der Waals surface area (Å²) in [5, 5.41) is 19.7. The maximum Gasteiger partial charge on any atom is 0.255 e. The molecule has 0 aliphatic heterocycles. The number of H-pyrrole nitrogens is 1. The van der Waals surface area contributed by atoms with E-state index in [1.54, 1.807) is 6.07 Å². The first-order valence-corrected chi connectivity index (χ1v) is 7.44. The molecule has 0 unspecified atom stereocenters. The van der Waals surface area contributed by atoms with Crippen LogP contribution in [0, 0.1) is 0 Å². The zero-order valence-electron chi connectivity index (χ0n) is 11.3. The summed E-state index contributed by atoms with van der Waals surface area (Å²) in [5.74, 6) is -0.0351. The molecule has 0 atom stereocenters. The van der Waals surface area contributed by atoms with Gasteiger partial charge < -0.3 is 15.2 Å². The first-order valence-electron chi connectivity index (χ1n) is 6.22. The molecule has 1 aromatic heterocycles. The quantitative estimate of drug-likeness (QED) is 0.593. The molecule has 106 valence electrons. The van der Waals surface area contributed by atoms with Crippen molar-refractivity contribution in [3.63, 3.8) is 0 Å². The first kappa shape index (κ1) is 14.5. The Labute approximate surface area is 120 Å². The van der Waals surface area contributed by atoms with E-state index >= 15 is 0 Å². The van der Waals surface area contributed by atoms with Gasteiger partial charge in [-0.3, -0.25) is 4.79 Å². The molecule has 1 heterocycles. The van der Waals surface area contributed by atoms with E-state index in [2.05, 4.69) is 9.97 Å². The second kappa shape index (κ2) is 6.00. The number of aromatic amines is 1. The van der Waals surface area contributed by atoms with Crippen molar-refractivity contribution < 1.29 is 10.2 Å². The number of nitrogens with one attached hydrogen (secondary N) is 1. The number of rotatable bonds is 4. The van der Waals surface area contributed by atoms with Crippen molar-refractivity contribution in [2.24, 2.45) is 0 Å². The lowest BCUT2D eigenvalue weighted by Gasteiger charge is -2.09. The summed E-state index contributed by atoms with van der Waals surface area (Å²) < 4.78 is 0. The largest absolute Gasteiger partial charge is 0.508 e. The molecule has 0 saturated heterocycles. The molecular formula is C14H16N2O3S. The second-order valence-corrected chi connectivity index (χ2v) is 5.14. The Morgan fingerprint density at radius 3 is 2.70 bits per heavy atom. The van der Waals surface area contributed by atoms with Gasteiger partial charge in [-0.2, -0.15) is 0 Å². The molecule has 3 N–H and O–H groups in total. The van der Waals surface area contributed by atoms with Crippen molar-refractivity contribution in [1.82, 2.24) is 9.97 Å². The molecule has 0 spiro atoms. The summed E-state index contributed by atoms with van der Waals surface area (Å²) in [6.07, 6.45) is 2.78. The molecule has 0 aliphatic rings. The van der Waals surface area contributed by atoms with Gasteiger partial charge in [-0.1, -0.05) is 24.8 Å². The lowest BCUT2D eigenvalue weighted by atomic mass is 10.0. The van der Waals surface area contributed by atoms with Gasteiger partial charge in [-0.05, 0) is 24.3 Å². The lowest BCUT2D eigenvalue weighted by Crippen LogP contribution is -2.18. The zero-order valence-corrected chi connectivity index (χ0v) is 12.1. The highest BCUT2D eigenvalue weighted by Crippen LogP contribution is 2.25. The van der Waals surface area contributed by atoms with Crippen LogP contribution in [0.25, 0.3) is 0 Å². The Hall–Kier alpha value is -1.95. The average molecular weight is 292 g/mol. The van der Waals surface area contributed by atoms with Gasteiger partial charge in [-0.15, -0.1) is 0 Å². The zero-order chi connectivity index (χ0) is 14.7. The minimum atomic E-state index is -0.186. The highest BCUT2D eigenvalue weighted by molar-refractivity contribution is 7.98. The normalized spacial score (nSPS) is 10.7. The molecule has 20 heavy (non-hydrogen) atoms. The van der Waals surface area contributed by atoms with Crippen LogP contribution in [0.3, 0.4) is 0 Å². The Morgan fingerprint density at radius 2 is 2.10 bits per heavy atom. The lowest BCUT2D eigenvalue weighted by molar-refractivity contribution is 0.446. The van der Waals surface area contributed by atoms with E-state index in [-0.39, 0.29) is 23.5 Å². The van der Waals surface area contributed by atoms with Crippen LogP contribution in [0.15, 0.2) is 28.2 Å². The fraction of sp³-hybridized carbons (Fsp3) is 0.286. The number of phenols is 2. The number of benzene rings is 1. The summed E-state index contributed by atoms with van der Waals surface area (Å²) in [7, 11) is 0. The highest BCUT2D eigenvalue weighted by atomic mass is 32.2. The molecule has 0 radical (unpaired) electrons. The number of aromatic nitrogens is 2. The molecule has 1 aromatic carbocycles. The van der Waals surface area contributed by atoms with Crippen LogP contribution >= 0.6 is 11.8 Å². The number of nitrogens with zero attached hydrogens (tertiary/aromatic N) is 1.